The van der Waals surface area contributed by atoms with Gasteiger partial charge in [0.1, 0.15) is 12.1 Å². The highest BCUT2D eigenvalue weighted by Gasteiger charge is 2.28. The molecule has 0 aromatic heterocycles. The summed E-state index contributed by atoms with van der Waals surface area (Å²) in [4.78, 5) is 75.9. The number of aliphatic imine (C=N–C) groups is 1. The third kappa shape index (κ3) is 11.9. The molecule has 17 heteroatoms. The van der Waals surface area contributed by atoms with E-state index in [1.165, 1.54) is 24.3 Å². The lowest BCUT2D eigenvalue weighted by atomic mass is 10.1. The van der Waals surface area contributed by atoms with Crippen molar-refractivity contribution < 1.29 is 34.0 Å². The molecule has 1 aromatic rings. The molecule has 1 fully saturated rings. The van der Waals surface area contributed by atoms with Gasteiger partial charge < -0.3 is 43.2 Å². The van der Waals surface area contributed by atoms with Gasteiger partial charge in [-0.2, -0.15) is 0 Å². The first kappa shape index (κ1) is 32.4. The number of carboxylic acid groups (broad SMARTS) is 1. The van der Waals surface area contributed by atoms with Gasteiger partial charge >= 0.3 is 5.97 Å². The zero-order valence-electron chi connectivity index (χ0n) is 22.3. The standard InChI is InChI=1S/C24H35N9O8/c25-24(26)28-12-2-4-17(23(39)30-14-5-7-15(8-6-14)33(40)41)31-19(34)13-29-21(37)18(9-10-20(35)36)32-22(38)16-3-1-11-27-16/h5-8,16-18,27H,1-4,9-13H2,(H,29,37)(H,30,39)(H,31,34)(H,32,38)(H,35,36)(H4,25,26,28)/t16-,17-,18-/m0/s1. The van der Waals surface area contributed by atoms with Crippen LogP contribution in [0.25, 0.3) is 0 Å². The summed E-state index contributed by atoms with van der Waals surface area (Å²) in [7, 11) is 0. The molecule has 3 atom stereocenters. The van der Waals surface area contributed by atoms with Crippen LogP contribution in [0.5, 0.6) is 0 Å². The molecule has 1 aromatic carbocycles. The molecule has 0 spiro atoms. The number of guanidine groups is 1. The topological polar surface area (TPSA) is 273 Å². The summed E-state index contributed by atoms with van der Waals surface area (Å²) in [5, 5.41) is 32.8. The summed E-state index contributed by atoms with van der Waals surface area (Å²) >= 11 is 0. The van der Waals surface area contributed by atoms with Crippen LogP contribution in [-0.4, -0.2) is 83.3 Å². The van der Waals surface area contributed by atoms with E-state index in [2.05, 4.69) is 31.6 Å². The summed E-state index contributed by atoms with van der Waals surface area (Å²) in [6.07, 6.45) is 1.21. The maximum absolute atomic E-state index is 12.9. The number of hydrogen-bond acceptors (Lipinski definition) is 9. The number of benzene rings is 1. The van der Waals surface area contributed by atoms with Gasteiger partial charge in [-0.25, -0.2) is 0 Å². The molecule has 1 aliphatic heterocycles. The Bertz CT molecular complexity index is 1130. The third-order valence-electron chi connectivity index (χ3n) is 6.02. The largest absolute Gasteiger partial charge is 0.481 e. The number of nitrogens with zero attached hydrogens (tertiary/aromatic N) is 2. The fraction of sp³-hybridized carbons (Fsp3) is 0.500. The van der Waals surface area contributed by atoms with Crippen molar-refractivity contribution in [2.75, 3.05) is 25.0 Å². The lowest BCUT2D eigenvalue weighted by molar-refractivity contribution is -0.384. The van der Waals surface area contributed by atoms with Crippen molar-refractivity contribution in [3.05, 3.63) is 34.4 Å². The third-order valence-corrected chi connectivity index (χ3v) is 6.02. The van der Waals surface area contributed by atoms with Crippen LogP contribution in [0, 0.1) is 10.1 Å². The van der Waals surface area contributed by atoms with E-state index in [0.29, 0.717) is 19.4 Å². The van der Waals surface area contributed by atoms with Gasteiger partial charge in [0, 0.05) is 30.8 Å². The molecule has 1 heterocycles. The summed E-state index contributed by atoms with van der Waals surface area (Å²) in [5.74, 6) is -3.86. The normalized spacial score (nSPS) is 15.6. The van der Waals surface area contributed by atoms with Crippen LogP contribution in [0.1, 0.15) is 38.5 Å². The number of anilines is 1. The van der Waals surface area contributed by atoms with Crippen LogP contribution >= 0.6 is 0 Å². The van der Waals surface area contributed by atoms with Crippen LogP contribution < -0.4 is 38.1 Å². The van der Waals surface area contributed by atoms with Gasteiger partial charge in [0.15, 0.2) is 5.96 Å². The van der Waals surface area contributed by atoms with Crippen molar-refractivity contribution in [3.63, 3.8) is 0 Å². The highest BCUT2D eigenvalue weighted by Crippen LogP contribution is 2.16. The summed E-state index contributed by atoms with van der Waals surface area (Å²) < 4.78 is 0. The SMILES string of the molecule is NC(N)=NCCC[C@H](NC(=O)CNC(=O)[C@H](CCC(=O)O)NC(=O)[C@@H]1CCCN1)C(=O)Nc1ccc([N+](=O)[O-])cc1. The molecule has 4 amide bonds. The van der Waals surface area contributed by atoms with E-state index in [0.717, 1.165) is 6.42 Å². The molecule has 0 unspecified atom stereocenters. The number of nitro groups is 1. The predicted molar refractivity (Wildman–Crippen MR) is 146 cm³/mol. The van der Waals surface area contributed by atoms with E-state index in [4.69, 9.17) is 16.6 Å². The Labute approximate surface area is 235 Å². The second kappa shape index (κ2) is 16.3. The predicted octanol–water partition coefficient (Wildman–Crippen LogP) is -1.71. The molecular formula is C24H35N9O8. The Morgan fingerprint density at radius 3 is 2.34 bits per heavy atom. The first-order valence-corrected chi connectivity index (χ1v) is 12.9. The molecule has 10 N–H and O–H groups in total. The Morgan fingerprint density at radius 2 is 1.76 bits per heavy atom. The van der Waals surface area contributed by atoms with Crippen molar-refractivity contribution in [1.29, 1.82) is 0 Å². The molecule has 0 bridgehead atoms. The average Bonchev–Trinajstić information content (AvgIpc) is 3.46. The molecule has 0 saturated carbocycles. The minimum atomic E-state index is -1.19. The Morgan fingerprint density at radius 1 is 1.07 bits per heavy atom. The molecule has 0 aliphatic carbocycles. The van der Waals surface area contributed by atoms with Crippen LogP contribution in [-0.2, 0) is 24.0 Å². The first-order valence-electron chi connectivity index (χ1n) is 12.9. The van der Waals surface area contributed by atoms with Crippen LogP contribution in [0.4, 0.5) is 11.4 Å². The molecule has 1 saturated heterocycles. The number of rotatable bonds is 16. The van der Waals surface area contributed by atoms with Gasteiger partial charge in [0.25, 0.3) is 5.69 Å². The van der Waals surface area contributed by atoms with Gasteiger partial charge in [-0.15, -0.1) is 0 Å². The first-order chi connectivity index (χ1) is 19.5. The summed E-state index contributed by atoms with van der Waals surface area (Å²) in [6.45, 7) is 0.265. The number of nitrogens with two attached hydrogens (primary N) is 2. The van der Waals surface area contributed by atoms with E-state index in [9.17, 15) is 34.1 Å². The maximum atomic E-state index is 12.9. The number of carbonyl (C=O) groups excluding carboxylic acids is 4. The average molecular weight is 578 g/mol. The second-order valence-electron chi connectivity index (χ2n) is 9.22. The van der Waals surface area contributed by atoms with Crippen molar-refractivity contribution >= 4 is 46.9 Å². The number of carbonyl (C=O) groups is 5. The minimum Gasteiger partial charge on any atom is -0.481 e. The summed E-state index contributed by atoms with van der Waals surface area (Å²) in [5.41, 5.74) is 10.7. The van der Waals surface area contributed by atoms with Crippen molar-refractivity contribution in [2.24, 2.45) is 16.5 Å². The van der Waals surface area contributed by atoms with Crippen LogP contribution in [0.3, 0.4) is 0 Å². The maximum Gasteiger partial charge on any atom is 0.303 e. The van der Waals surface area contributed by atoms with Gasteiger partial charge in [-0.1, -0.05) is 0 Å². The van der Waals surface area contributed by atoms with Crippen LogP contribution in [0.15, 0.2) is 29.3 Å². The number of nitro benzene ring substituents is 1. The smallest absolute Gasteiger partial charge is 0.303 e. The minimum absolute atomic E-state index is 0.112. The Balaban J connectivity index is 2.00. The fourth-order valence-corrected chi connectivity index (χ4v) is 3.92. The van der Waals surface area contributed by atoms with E-state index in [-0.39, 0.29) is 43.1 Å². The zero-order chi connectivity index (χ0) is 30.4. The number of carboxylic acids is 1. The number of hydrogen-bond donors (Lipinski definition) is 8. The highest BCUT2D eigenvalue weighted by molar-refractivity contribution is 5.98. The Kier molecular flexibility index (Phi) is 12.9. The van der Waals surface area contributed by atoms with Gasteiger partial charge in [-0.3, -0.25) is 39.1 Å². The second-order valence-corrected chi connectivity index (χ2v) is 9.22. The molecule has 1 aliphatic rings. The fourth-order valence-electron chi connectivity index (χ4n) is 3.92. The Hall–Kier alpha value is -4.80. The van der Waals surface area contributed by atoms with Gasteiger partial charge in [0.05, 0.1) is 17.5 Å². The van der Waals surface area contributed by atoms with E-state index in [1.54, 1.807) is 0 Å². The van der Waals surface area contributed by atoms with Gasteiger partial charge in [0.2, 0.25) is 23.6 Å². The molecular weight excluding hydrogens is 542 g/mol. The zero-order valence-corrected chi connectivity index (χ0v) is 22.3. The molecule has 2 rings (SSSR count). The molecule has 17 nitrogen and oxygen atoms in total. The van der Waals surface area contributed by atoms with E-state index >= 15 is 0 Å². The van der Waals surface area contributed by atoms with Crippen molar-refractivity contribution in [2.45, 2.75) is 56.7 Å². The lowest BCUT2D eigenvalue weighted by Crippen LogP contribution is -2.53. The quantitative estimate of drug-likeness (QED) is 0.0360. The highest BCUT2D eigenvalue weighted by atomic mass is 16.6. The number of non-ortho nitro benzene ring substituents is 1. The molecule has 41 heavy (non-hydrogen) atoms. The van der Waals surface area contributed by atoms with Crippen molar-refractivity contribution in [1.82, 2.24) is 21.3 Å². The number of nitrogens with one attached hydrogen (secondary N) is 5. The number of amides is 4. The number of aliphatic carboxylic acids is 1. The van der Waals surface area contributed by atoms with E-state index in [1.807, 2.05) is 0 Å². The van der Waals surface area contributed by atoms with E-state index < -0.39 is 59.2 Å². The lowest BCUT2D eigenvalue weighted by Gasteiger charge is -2.21. The monoisotopic (exact) mass is 577 g/mol. The summed E-state index contributed by atoms with van der Waals surface area (Å²) in [6, 6.07) is 2.32. The van der Waals surface area contributed by atoms with Crippen LogP contribution in [0.2, 0.25) is 0 Å². The van der Waals surface area contributed by atoms with Crippen molar-refractivity contribution in [3.8, 4) is 0 Å². The van der Waals surface area contributed by atoms with Gasteiger partial charge in [-0.05, 0) is 50.8 Å². The molecule has 0 radical (unpaired) electrons. The molecule has 224 valence electrons.